The minimum atomic E-state index is -3.12. The Labute approximate surface area is 181 Å². The van der Waals surface area contributed by atoms with Crippen molar-refractivity contribution in [3.8, 4) is 11.3 Å². The summed E-state index contributed by atoms with van der Waals surface area (Å²) < 4.78 is 29.6. The van der Waals surface area contributed by atoms with Crippen LogP contribution in [0, 0.1) is 0 Å². The number of hydrogen-bond acceptors (Lipinski definition) is 6. The molecule has 1 amide bonds. The molecule has 5 nitrogen and oxygen atoms in total. The van der Waals surface area contributed by atoms with E-state index < -0.39 is 15.9 Å². The fourth-order valence-electron chi connectivity index (χ4n) is 3.17. The Balaban J connectivity index is 1.59. The highest BCUT2D eigenvalue weighted by atomic mass is 35.5. The van der Waals surface area contributed by atoms with E-state index in [0.717, 1.165) is 11.8 Å². The molecule has 4 rings (SSSR count). The van der Waals surface area contributed by atoms with Gasteiger partial charge in [0.05, 0.1) is 32.5 Å². The first-order chi connectivity index (χ1) is 13.2. The van der Waals surface area contributed by atoms with Crippen LogP contribution in [0.4, 0.5) is 0 Å². The number of furan rings is 1. The van der Waals surface area contributed by atoms with Crippen molar-refractivity contribution in [3.63, 3.8) is 0 Å². The van der Waals surface area contributed by atoms with Gasteiger partial charge >= 0.3 is 0 Å². The van der Waals surface area contributed by atoms with Crippen molar-refractivity contribution in [2.24, 2.45) is 0 Å². The number of thiocarbonyl (C=S) groups is 1. The van der Waals surface area contributed by atoms with Crippen molar-refractivity contribution in [1.82, 2.24) is 4.90 Å². The lowest BCUT2D eigenvalue weighted by Gasteiger charge is -2.20. The molecule has 28 heavy (non-hydrogen) atoms. The van der Waals surface area contributed by atoms with Gasteiger partial charge in [-0.05, 0) is 30.7 Å². The molecule has 0 spiro atoms. The van der Waals surface area contributed by atoms with Gasteiger partial charge in [0.1, 0.15) is 15.8 Å². The van der Waals surface area contributed by atoms with Gasteiger partial charge in [0.15, 0.2) is 9.84 Å². The summed E-state index contributed by atoms with van der Waals surface area (Å²) in [6.45, 7) is 0. The van der Waals surface area contributed by atoms with E-state index in [2.05, 4.69) is 0 Å². The molecule has 0 aliphatic carbocycles. The predicted molar refractivity (Wildman–Crippen MR) is 116 cm³/mol. The maximum absolute atomic E-state index is 12.8. The SMILES string of the molecule is O=C1/C(=C/c2ccc(-c3cccc(Cl)c3Cl)o2)SC(=S)N1[C@H]1CCS(=O)(=O)C1. The number of nitrogens with zero attached hydrogens (tertiary/aromatic N) is 1. The number of amides is 1. The van der Waals surface area contributed by atoms with Crippen LogP contribution in [0.1, 0.15) is 12.2 Å². The molecule has 0 radical (unpaired) electrons. The molecule has 1 aromatic heterocycles. The van der Waals surface area contributed by atoms with Crippen molar-refractivity contribution >= 4 is 73.3 Å². The van der Waals surface area contributed by atoms with Gasteiger partial charge in [-0.2, -0.15) is 0 Å². The monoisotopic (exact) mass is 473 g/mol. The topological polar surface area (TPSA) is 67.6 Å². The molecule has 10 heteroatoms. The van der Waals surface area contributed by atoms with Gasteiger partial charge < -0.3 is 4.42 Å². The molecule has 0 saturated carbocycles. The third-order valence-electron chi connectivity index (χ3n) is 4.51. The molecule has 2 saturated heterocycles. The lowest BCUT2D eigenvalue weighted by molar-refractivity contribution is -0.123. The summed E-state index contributed by atoms with van der Waals surface area (Å²) in [5.41, 5.74) is 0.650. The number of hydrogen-bond donors (Lipinski definition) is 0. The van der Waals surface area contributed by atoms with Gasteiger partial charge in [0.25, 0.3) is 5.91 Å². The smallest absolute Gasteiger partial charge is 0.266 e. The average Bonchev–Trinajstić information content (AvgIpc) is 3.29. The molecule has 146 valence electrons. The van der Waals surface area contributed by atoms with Crippen molar-refractivity contribution in [2.45, 2.75) is 12.5 Å². The zero-order valence-corrected chi connectivity index (χ0v) is 18.2. The number of halogens is 2. The Kier molecular flexibility index (Phi) is 5.35. The Morgan fingerprint density at radius 2 is 2.04 bits per heavy atom. The Morgan fingerprint density at radius 1 is 1.25 bits per heavy atom. The fraction of sp³-hybridized carbons (Fsp3) is 0.222. The van der Waals surface area contributed by atoms with Crippen LogP contribution in [-0.4, -0.2) is 41.1 Å². The van der Waals surface area contributed by atoms with Crippen molar-refractivity contribution in [1.29, 1.82) is 0 Å². The third-order valence-corrected chi connectivity index (χ3v) is 8.41. The summed E-state index contributed by atoms with van der Waals surface area (Å²) in [5.74, 6) is 0.721. The number of sulfone groups is 1. The highest BCUT2D eigenvalue weighted by molar-refractivity contribution is 8.26. The molecule has 1 aromatic carbocycles. The number of carbonyl (C=O) groups is 1. The number of thioether (sulfide) groups is 1. The van der Waals surface area contributed by atoms with E-state index in [1.165, 1.54) is 4.90 Å². The Hall–Kier alpha value is -1.32. The summed E-state index contributed by atoms with van der Waals surface area (Å²) >= 11 is 18.7. The van der Waals surface area contributed by atoms with Gasteiger partial charge in [-0.25, -0.2) is 8.42 Å². The summed E-state index contributed by atoms with van der Waals surface area (Å²) in [4.78, 5) is 14.6. The summed E-state index contributed by atoms with van der Waals surface area (Å²) in [7, 11) is -3.12. The average molecular weight is 474 g/mol. The van der Waals surface area contributed by atoms with Gasteiger partial charge in [-0.15, -0.1) is 0 Å². The van der Waals surface area contributed by atoms with E-state index in [1.807, 2.05) is 0 Å². The number of carbonyl (C=O) groups excluding carboxylic acids is 1. The summed E-state index contributed by atoms with van der Waals surface area (Å²) in [6.07, 6.45) is 2.00. The first-order valence-electron chi connectivity index (χ1n) is 8.27. The van der Waals surface area contributed by atoms with Crippen LogP contribution in [0.25, 0.3) is 17.4 Å². The van der Waals surface area contributed by atoms with Gasteiger partial charge in [0, 0.05) is 11.6 Å². The molecule has 0 unspecified atom stereocenters. The van der Waals surface area contributed by atoms with Crippen molar-refractivity contribution in [2.75, 3.05) is 11.5 Å². The predicted octanol–water partition coefficient (Wildman–Crippen LogP) is 4.64. The van der Waals surface area contributed by atoms with Crippen LogP contribution in [0.5, 0.6) is 0 Å². The summed E-state index contributed by atoms with van der Waals surface area (Å²) in [6, 6.07) is 8.31. The van der Waals surface area contributed by atoms with Crippen LogP contribution >= 0.6 is 47.2 Å². The third kappa shape index (κ3) is 3.76. The first-order valence-corrected chi connectivity index (χ1v) is 12.1. The number of benzene rings is 1. The summed E-state index contributed by atoms with van der Waals surface area (Å²) in [5, 5.41) is 0.809. The van der Waals surface area contributed by atoms with E-state index >= 15 is 0 Å². The lowest BCUT2D eigenvalue weighted by Crippen LogP contribution is -2.39. The van der Waals surface area contributed by atoms with Crippen LogP contribution in [-0.2, 0) is 14.6 Å². The second-order valence-electron chi connectivity index (χ2n) is 6.41. The first kappa shape index (κ1) is 20.0. The second kappa shape index (κ2) is 7.50. The van der Waals surface area contributed by atoms with Crippen LogP contribution in [0.15, 0.2) is 39.7 Å². The normalized spacial score (nSPS) is 23.1. The molecule has 2 aromatic rings. The van der Waals surface area contributed by atoms with E-state index in [9.17, 15) is 13.2 Å². The highest BCUT2D eigenvalue weighted by Gasteiger charge is 2.42. The molecule has 1 atom stereocenters. The zero-order chi connectivity index (χ0) is 20.1. The molecule has 2 aliphatic heterocycles. The lowest BCUT2D eigenvalue weighted by atomic mass is 10.2. The fourth-order valence-corrected chi connectivity index (χ4v) is 6.65. The van der Waals surface area contributed by atoms with E-state index in [0.29, 0.717) is 42.8 Å². The minimum Gasteiger partial charge on any atom is -0.457 e. The molecular formula is C18H13Cl2NO4S3. The van der Waals surface area contributed by atoms with Crippen LogP contribution in [0.3, 0.4) is 0 Å². The van der Waals surface area contributed by atoms with Crippen molar-refractivity contribution < 1.29 is 17.6 Å². The maximum Gasteiger partial charge on any atom is 0.266 e. The Bertz CT molecular complexity index is 1120. The largest absolute Gasteiger partial charge is 0.457 e. The van der Waals surface area contributed by atoms with Gasteiger partial charge in [-0.3, -0.25) is 9.69 Å². The van der Waals surface area contributed by atoms with Crippen LogP contribution in [0.2, 0.25) is 10.0 Å². The van der Waals surface area contributed by atoms with E-state index in [-0.39, 0.29) is 17.4 Å². The van der Waals surface area contributed by atoms with E-state index in [1.54, 1.807) is 36.4 Å². The van der Waals surface area contributed by atoms with Gasteiger partial charge in [-0.1, -0.05) is 53.2 Å². The highest BCUT2D eigenvalue weighted by Crippen LogP contribution is 2.38. The maximum atomic E-state index is 12.8. The van der Waals surface area contributed by atoms with Gasteiger partial charge in [0.2, 0.25) is 0 Å². The molecule has 2 fully saturated rings. The van der Waals surface area contributed by atoms with Crippen LogP contribution < -0.4 is 0 Å². The molecule has 2 aliphatic rings. The Morgan fingerprint density at radius 3 is 2.75 bits per heavy atom. The number of rotatable bonds is 3. The molecule has 0 N–H and O–H groups in total. The molecular weight excluding hydrogens is 461 g/mol. The minimum absolute atomic E-state index is 0.0507. The zero-order valence-electron chi connectivity index (χ0n) is 14.2. The quantitative estimate of drug-likeness (QED) is 0.477. The second-order valence-corrected chi connectivity index (χ2v) is 11.1. The standard InChI is InChI=1S/C18H13Cl2NO4S3/c19-13-3-1-2-12(16(13)20)14-5-4-11(25-14)8-15-17(22)21(18(26)27-15)10-6-7-28(23,24)9-10/h1-5,8,10H,6-7,9H2/b15-8-/t10-/m0/s1. The van der Waals surface area contributed by atoms with E-state index in [4.69, 9.17) is 39.8 Å². The molecule has 0 bridgehead atoms. The van der Waals surface area contributed by atoms with Crippen molar-refractivity contribution in [3.05, 3.63) is 51.0 Å². The molecule has 3 heterocycles.